The molecule has 0 aliphatic carbocycles. The number of hydrogen-bond donors (Lipinski definition) is 2. The molecule has 0 fully saturated rings. The molecule has 3 N–H and O–H groups in total. The number of nitrogens with one attached hydrogen (secondary N) is 1. The minimum atomic E-state index is -3.81. The van der Waals surface area contributed by atoms with E-state index in [2.05, 4.69) is 16.4 Å². The molecule has 1 aliphatic heterocycles. The van der Waals surface area contributed by atoms with E-state index in [0.717, 1.165) is 12.0 Å². The van der Waals surface area contributed by atoms with Crippen LogP contribution in [-0.2, 0) is 21.2 Å². The fourth-order valence-electron chi connectivity index (χ4n) is 2.59. The lowest BCUT2D eigenvalue weighted by Gasteiger charge is -2.26. The predicted molar refractivity (Wildman–Crippen MR) is 82.9 cm³/mol. The summed E-state index contributed by atoms with van der Waals surface area (Å²) < 4.78 is 28.9. The standard InChI is InChI=1S/C15H17N3O3S/c16-22(19,20)14-6-3-8-17-15(14)18-10-13-12-5-2-1-4-11(12)7-9-21-13/h1-6,8,13H,7,9-10H2,(H,17,18)(H2,16,19,20). The van der Waals surface area contributed by atoms with Crippen molar-refractivity contribution in [2.45, 2.75) is 17.4 Å². The number of pyridine rings is 1. The number of hydrogen-bond acceptors (Lipinski definition) is 5. The zero-order chi connectivity index (χ0) is 15.6. The van der Waals surface area contributed by atoms with E-state index >= 15 is 0 Å². The molecular formula is C15H17N3O3S. The summed E-state index contributed by atoms with van der Waals surface area (Å²) in [4.78, 5) is 4.04. The van der Waals surface area contributed by atoms with Crippen molar-refractivity contribution < 1.29 is 13.2 Å². The van der Waals surface area contributed by atoms with Gasteiger partial charge in [-0.15, -0.1) is 0 Å². The van der Waals surface area contributed by atoms with Crippen molar-refractivity contribution >= 4 is 15.8 Å². The number of benzene rings is 1. The Morgan fingerprint density at radius 2 is 2.09 bits per heavy atom. The Labute approximate surface area is 129 Å². The Morgan fingerprint density at radius 3 is 2.91 bits per heavy atom. The van der Waals surface area contributed by atoms with Crippen LogP contribution in [0.5, 0.6) is 0 Å². The number of primary sulfonamides is 1. The summed E-state index contributed by atoms with van der Waals surface area (Å²) in [7, 11) is -3.81. The third-order valence-electron chi connectivity index (χ3n) is 3.62. The highest BCUT2D eigenvalue weighted by molar-refractivity contribution is 7.89. The maximum absolute atomic E-state index is 11.6. The van der Waals surface area contributed by atoms with Gasteiger partial charge < -0.3 is 10.1 Å². The molecule has 0 radical (unpaired) electrons. The number of fused-ring (bicyclic) bond motifs is 1. The molecule has 1 aromatic carbocycles. The number of nitrogens with zero attached hydrogens (tertiary/aromatic N) is 1. The first-order valence-electron chi connectivity index (χ1n) is 6.97. The third kappa shape index (κ3) is 3.11. The molecule has 116 valence electrons. The van der Waals surface area contributed by atoms with Gasteiger partial charge in [0.2, 0.25) is 10.0 Å². The summed E-state index contributed by atoms with van der Waals surface area (Å²) >= 11 is 0. The highest BCUT2D eigenvalue weighted by Crippen LogP contribution is 2.27. The number of sulfonamides is 1. The smallest absolute Gasteiger partial charge is 0.241 e. The molecule has 7 heteroatoms. The summed E-state index contributed by atoms with van der Waals surface area (Å²) in [5, 5.41) is 8.24. The number of anilines is 1. The first-order valence-corrected chi connectivity index (χ1v) is 8.51. The first kappa shape index (κ1) is 15.0. The van der Waals surface area contributed by atoms with Gasteiger partial charge in [0.15, 0.2) is 0 Å². The Bertz CT molecular complexity index is 777. The minimum absolute atomic E-state index is 0.0147. The SMILES string of the molecule is NS(=O)(=O)c1cccnc1NCC1OCCc2ccccc21. The first-order chi connectivity index (χ1) is 10.6. The topological polar surface area (TPSA) is 94.3 Å². The molecule has 0 spiro atoms. The van der Waals surface area contributed by atoms with Crippen molar-refractivity contribution in [1.82, 2.24) is 4.98 Å². The molecule has 2 aromatic rings. The van der Waals surface area contributed by atoms with Crippen molar-refractivity contribution in [3.63, 3.8) is 0 Å². The van der Waals surface area contributed by atoms with E-state index in [4.69, 9.17) is 9.88 Å². The third-order valence-corrected chi connectivity index (χ3v) is 4.57. The molecule has 22 heavy (non-hydrogen) atoms. The zero-order valence-corrected chi connectivity index (χ0v) is 12.7. The van der Waals surface area contributed by atoms with Crippen LogP contribution in [0.15, 0.2) is 47.5 Å². The van der Waals surface area contributed by atoms with Crippen LogP contribution in [0.2, 0.25) is 0 Å². The van der Waals surface area contributed by atoms with E-state index in [0.29, 0.717) is 13.2 Å². The quantitative estimate of drug-likeness (QED) is 0.889. The summed E-state index contributed by atoms with van der Waals surface area (Å²) in [5.41, 5.74) is 2.38. The van der Waals surface area contributed by atoms with Crippen LogP contribution in [0.3, 0.4) is 0 Å². The second-order valence-corrected chi connectivity index (χ2v) is 6.61. The molecule has 1 aromatic heterocycles. The van der Waals surface area contributed by atoms with E-state index in [1.807, 2.05) is 18.2 Å². The van der Waals surface area contributed by atoms with Crippen molar-refractivity contribution in [2.24, 2.45) is 5.14 Å². The lowest BCUT2D eigenvalue weighted by molar-refractivity contribution is 0.0512. The molecule has 1 atom stereocenters. The zero-order valence-electron chi connectivity index (χ0n) is 11.9. The Hall–Kier alpha value is -1.96. The Kier molecular flexibility index (Phi) is 4.10. The second kappa shape index (κ2) is 6.04. The molecule has 1 aliphatic rings. The van der Waals surface area contributed by atoms with Crippen molar-refractivity contribution in [3.05, 3.63) is 53.7 Å². The fourth-order valence-corrected chi connectivity index (χ4v) is 3.25. The lowest BCUT2D eigenvalue weighted by Crippen LogP contribution is -2.24. The molecule has 6 nitrogen and oxygen atoms in total. The van der Waals surface area contributed by atoms with Crippen molar-refractivity contribution in [3.8, 4) is 0 Å². The number of nitrogens with two attached hydrogens (primary N) is 1. The molecule has 1 unspecified atom stereocenters. The number of ether oxygens (including phenoxy) is 1. The average Bonchev–Trinajstić information content (AvgIpc) is 2.52. The Balaban J connectivity index is 1.80. The van der Waals surface area contributed by atoms with Crippen LogP contribution >= 0.6 is 0 Å². The monoisotopic (exact) mass is 319 g/mol. The molecule has 0 saturated heterocycles. The van der Waals surface area contributed by atoms with Crippen LogP contribution in [0.25, 0.3) is 0 Å². The van der Waals surface area contributed by atoms with Gasteiger partial charge in [0.05, 0.1) is 12.7 Å². The number of rotatable bonds is 4. The average molecular weight is 319 g/mol. The van der Waals surface area contributed by atoms with E-state index in [9.17, 15) is 8.42 Å². The summed E-state index contributed by atoms with van der Waals surface area (Å²) in [6.07, 6.45) is 2.27. The normalized spacial score (nSPS) is 17.8. The summed E-state index contributed by atoms with van der Waals surface area (Å²) in [6.45, 7) is 1.07. The van der Waals surface area contributed by atoms with Crippen molar-refractivity contribution in [2.75, 3.05) is 18.5 Å². The minimum Gasteiger partial charge on any atom is -0.371 e. The highest BCUT2D eigenvalue weighted by atomic mass is 32.2. The van der Waals surface area contributed by atoms with E-state index in [-0.39, 0.29) is 16.8 Å². The summed E-state index contributed by atoms with van der Waals surface area (Å²) in [6, 6.07) is 11.1. The van der Waals surface area contributed by atoms with E-state index < -0.39 is 10.0 Å². The molecule has 0 bridgehead atoms. The maximum atomic E-state index is 11.6. The van der Waals surface area contributed by atoms with Gasteiger partial charge in [-0.1, -0.05) is 24.3 Å². The van der Waals surface area contributed by atoms with Gasteiger partial charge in [-0.25, -0.2) is 18.5 Å². The van der Waals surface area contributed by atoms with Crippen molar-refractivity contribution in [1.29, 1.82) is 0 Å². The van der Waals surface area contributed by atoms with Crippen LogP contribution in [0.1, 0.15) is 17.2 Å². The summed E-state index contributed by atoms with van der Waals surface area (Å²) in [5.74, 6) is 0.247. The number of aromatic nitrogens is 1. The maximum Gasteiger partial charge on any atom is 0.241 e. The molecule has 2 heterocycles. The van der Waals surface area contributed by atoms with Gasteiger partial charge in [0.25, 0.3) is 0 Å². The molecular weight excluding hydrogens is 302 g/mol. The van der Waals surface area contributed by atoms with Crippen LogP contribution in [0.4, 0.5) is 5.82 Å². The van der Waals surface area contributed by atoms with E-state index in [1.165, 1.54) is 23.9 Å². The largest absolute Gasteiger partial charge is 0.371 e. The molecule has 3 rings (SSSR count). The predicted octanol–water partition coefficient (Wildman–Crippen LogP) is 1.45. The molecule has 0 saturated carbocycles. The highest BCUT2D eigenvalue weighted by Gasteiger charge is 2.21. The van der Waals surface area contributed by atoms with Gasteiger partial charge in [-0.05, 0) is 29.7 Å². The van der Waals surface area contributed by atoms with E-state index in [1.54, 1.807) is 0 Å². The Morgan fingerprint density at radius 1 is 1.27 bits per heavy atom. The van der Waals surface area contributed by atoms with Crippen LogP contribution < -0.4 is 10.5 Å². The van der Waals surface area contributed by atoms with Crippen LogP contribution in [-0.4, -0.2) is 26.6 Å². The fraction of sp³-hybridized carbons (Fsp3) is 0.267. The second-order valence-electron chi connectivity index (χ2n) is 5.08. The molecule has 0 amide bonds. The van der Waals surface area contributed by atoms with Gasteiger partial charge >= 0.3 is 0 Å². The van der Waals surface area contributed by atoms with Gasteiger partial charge in [0.1, 0.15) is 10.7 Å². The van der Waals surface area contributed by atoms with Crippen LogP contribution in [0, 0.1) is 0 Å². The van der Waals surface area contributed by atoms with Gasteiger partial charge in [-0.2, -0.15) is 0 Å². The van der Waals surface area contributed by atoms with Gasteiger partial charge in [-0.3, -0.25) is 0 Å². The van der Waals surface area contributed by atoms with Gasteiger partial charge in [0, 0.05) is 12.7 Å². The lowest BCUT2D eigenvalue weighted by atomic mass is 9.97.